The minimum Gasteiger partial charge on any atom is -0.497 e. The number of nitrogens with one attached hydrogen (secondary N) is 1. The first-order chi connectivity index (χ1) is 9.25. The topological polar surface area (TPSA) is 48.3 Å². The van der Waals surface area contributed by atoms with Crippen LogP contribution in [0.4, 0.5) is 5.69 Å². The molecule has 2 aromatic rings. The van der Waals surface area contributed by atoms with E-state index < -0.39 is 0 Å². The van der Waals surface area contributed by atoms with E-state index in [1.807, 2.05) is 35.3 Å². The van der Waals surface area contributed by atoms with Crippen molar-refractivity contribution in [3.05, 3.63) is 36.2 Å². The van der Waals surface area contributed by atoms with E-state index in [-0.39, 0.29) is 0 Å². The van der Waals surface area contributed by atoms with Crippen LogP contribution in [0, 0.1) is 0 Å². The fourth-order valence-electron chi connectivity index (χ4n) is 1.80. The van der Waals surface area contributed by atoms with Crippen LogP contribution < -0.4 is 14.8 Å². The van der Waals surface area contributed by atoms with Gasteiger partial charge in [0, 0.05) is 25.4 Å². The van der Waals surface area contributed by atoms with Gasteiger partial charge in [-0.2, -0.15) is 5.10 Å². The van der Waals surface area contributed by atoms with Gasteiger partial charge >= 0.3 is 0 Å². The first-order valence-corrected chi connectivity index (χ1v) is 6.23. The van der Waals surface area contributed by atoms with Gasteiger partial charge in [-0.05, 0) is 24.6 Å². The SMILES string of the molecule is CCn1cc(NCc2cc(OC)cc(OC)c2)cn1. The van der Waals surface area contributed by atoms with Crippen LogP contribution in [0.3, 0.4) is 0 Å². The number of benzene rings is 1. The number of aromatic nitrogens is 2. The van der Waals surface area contributed by atoms with Gasteiger partial charge in [0.1, 0.15) is 11.5 Å². The zero-order valence-corrected chi connectivity index (χ0v) is 11.5. The van der Waals surface area contributed by atoms with E-state index in [2.05, 4.69) is 17.3 Å². The van der Waals surface area contributed by atoms with E-state index in [1.165, 1.54) is 0 Å². The van der Waals surface area contributed by atoms with Crippen molar-refractivity contribution in [1.29, 1.82) is 0 Å². The van der Waals surface area contributed by atoms with E-state index >= 15 is 0 Å². The average molecular weight is 261 g/mol. The molecule has 102 valence electrons. The Hall–Kier alpha value is -2.17. The highest BCUT2D eigenvalue weighted by Gasteiger charge is 2.03. The molecule has 0 aliphatic carbocycles. The van der Waals surface area contributed by atoms with E-state index in [1.54, 1.807) is 14.2 Å². The molecular formula is C14H19N3O2. The smallest absolute Gasteiger partial charge is 0.122 e. The predicted octanol–water partition coefficient (Wildman–Crippen LogP) is 2.53. The quantitative estimate of drug-likeness (QED) is 0.868. The van der Waals surface area contributed by atoms with Crippen LogP contribution in [0.1, 0.15) is 12.5 Å². The molecule has 5 heteroatoms. The number of aryl methyl sites for hydroxylation is 1. The Bertz CT molecular complexity index is 515. The van der Waals surface area contributed by atoms with Gasteiger partial charge in [-0.3, -0.25) is 4.68 Å². The Morgan fingerprint density at radius 2 is 1.84 bits per heavy atom. The third-order valence-corrected chi connectivity index (χ3v) is 2.87. The molecule has 0 radical (unpaired) electrons. The maximum atomic E-state index is 5.25. The van der Waals surface area contributed by atoms with Gasteiger partial charge in [0.2, 0.25) is 0 Å². The number of ether oxygens (including phenoxy) is 2. The highest BCUT2D eigenvalue weighted by molar-refractivity contribution is 5.43. The molecule has 1 N–H and O–H groups in total. The molecule has 0 aliphatic rings. The minimum atomic E-state index is 0.697. The Morgan fingerprint density at radius 3 is 2.37 bits per heavy atom. The Labute approximate surface area is 113 Å². The van der Waals surface area contributed by atoms with Gasteiger partial charge in [0.05, 0.1) is 26.1 Å². The second-order valence-corrected chi connectivity index (χ2v) is 4.16. The minimum absolute atomic E-state index is 0.697. The third-order valence-electron chi connectivity index (χ3n) is 2.87. The van der Waals surface area contributed by atoms with E-state index in [4.69, 9.17) is 9.47 Å². The van der Waals surface area contributed by atoms with Crippen molar-refractivity contribution in [2.24, 2.45) is 0 Å². The summed E-state index contributed by atoms with van der Waals surface area (Å²) in [5.41, 5.74) is 2.10. The molecule has 1 heterocycles. The van der Waals surface area contributed by atoms with Crippen molar-refractivity contribution in [3.63, 3.8) is 0 Å². The molecule has 19 heavy (non-hydrogen) atoms. The van der Waals surface area contributed by atoms with Crippen LogP contribution in [-0.4, -0.2) is 24.0 Å². The van der Waals surface area contributed by atoms with Crippen LogP contribution in [0.5, 0.6) is 11.5 Å². The van der Waals surface area contributed by atoms with Gasteiger partial charge in [0.15, 0.2) is 0 Å². The van der Waals surface area contributed by atoms with Crippen molar-refractivity contribution in [2.75, 3.05) is 19.5 Å². The van der Waals surface area contributed by atoms with Crippen molar-refractivity contribution < 1.29 is 9.47 Å². The summed E-state index contributed by atoms with van der Waals surface area (Å²) < 4.78 is 12.4. The molecule has 0 atom stereocenters. The lowest BCUT2D eigenvalue weighted by atomic mass is 10.2. The fraction of sp³-hybridized carbons (Fsp3) is 0.357. The first-order valence-electron chi connectivity index (χ1n) is 6.23. The summed E-state index contributed by atoms with van der Waals surface area (Å²) in [6.07, 6.45) is 3.80. The van der Waals surface area contributed by atoms with Crippen molar-refractivity contribution >= 4 is 5.69 Å². The average Bonchev–Trinajstić information content (AvgIpc) is 2.92. The van der Waals surface area contributed by atoms with Crippen LogP contribution >= 0.6 is 0 Å². The van der Waals surface area contributed by atoms with Crippen molar-refractivity contribution in [2.45, 2.75) is 20.0 Å². The highest BCUT2D eigenvalue weighted by atomic mass is 16.5. The number of anilines is 1. The fourth-order valence-corrected chi connectivity index (χ4v) is 1.80. The van der Waals surface area contributed by atoms with E-state index in [9.17, 15) is 0 Å². The number of nitrogens with zero attached hydrogens (tertiary/aromatic N) is 2. The lowest BCUT2D eigenvalue weighted by Crippen LogP contribution is -2.00. The highest BCUT2D eigenvalue weighted by Crippen LogP contribution is 2.23. The summed E-state index contributed by atoms with van der Waals surface area (Å²) in [5.74, 6) is 1.58. The van der Waals surface area contributed by atoms with E-state index in [0.29, 0.717) is 6.54 Å². The summed E-state index contributed by atoms with van der Waals surface area (Å²) in [6.45, 7) is 3.63. The van der Waals surface area contributed by atoms with Crippen molar-refractivity contribution in [3.8, 4) is 11.5 Å². The molecule has 1 aromatic heterocycles. The molecule has 1 aromatic carbocycles. The molecule has 0 saturated heterocycles. The molecule has 0 saturated carbocycles. The maximum Gasteiger partial charge on any atom is 0.122 e. The zero-order chi connectivity index (χ0) is 13.7. The Morgan fingerprint density at radius 1 is 1.16 bits per heavy atom. The summed E-state index contributed by atoms with van der Waals surface area (Å²) in [5, 5.41) is 7.54. The number of rotatable bonds is 6. The molecule has 0 unspecified atom stereocenters. The lowest BCUT2D eigenvalue weighted by Gasteiger charge is -2.09. The monoisotopic (exact) mass is 261 g/mol. The largest absolute Gasteiger partial charge is 0.497 e. The molecular weight excluding hydrogens is 242 g/mol. The predicted molar refractivity (Wildman–Crippen MR) is 74.8 cm³/mol. The van der Waals surface area contributed by atoms with Crippen LogP contribution in [0.2, 0.25) is 0 Å². The van der Waals surface area contributed by atoms with Crippen LogP contribution in [-0.2, 0) is 13.1 Å². The summed E-state index contributed by atoms with van der Waals surface area (Å²) >= 11 is 0. The van der Waals surface area contributed by atoms with Crippen LogP contribution in [0.15, 0.2) is 30.6 Å². The normalized spacial score (nSPS) is 10.3. The third kappa shape index (κ3) is 3.40. The van der Waals surface area contributed by atoms with Crippen molar-refractivity contribution in [1.82, 2.24) is 9.78 Å². The van der Waals surface area contributed by atoms with Gasteiger partial charge in [0.25, 0.3) is 0 Å². The van der Waals surface area contributed by atoms with Crippen LogP contribution in [0.25, 0.3) is 0 Å². The Kier molecular flexibility index (Phi) is 4.28. The Balaban J connectivity index is 2.05. The molecule has 0 bridgehead atoms. The van der Waals surface area contributed by atoms with Gasteiger partial charge in [-0.1, -0.05) is 0 Å². The number of hydrogen-bond acceptors (Lipinski definition) is 4. The van der Waals surface area contributed by atoms with Gasteiger partial charge < -0.3 is 14.8 Å². The number of hydrogen-bond donors (Lipinski definition) is 1. The number of methoxy groups -OCH3 is 2. The maximum absolute atomic E-state index is 5.25. The molecule has 0 aliphatic heterocycles. The summed E-state index contributed by atoms with van der Waals surface area (Å²) in [7, 11) is 3.30. The molecule has 0 amide bonds. The standard InChI is InChI=1S/C14H19N3O2/c1-4-17-10-12(9-16-17)15-8-11-5-13(18-2)7-14(6-11)19-3/h5-7,9-10,15H,4,8H2,1-3H3. The first kappa shape index (κ1) is 13.3. The van der Waals surface area contributed by atoms with E-state index in [0.717, 1.165) is 29.3 Å². The van der Waals surface area contributed by atoms with Gasteiger partial charge in [-0.25, -0.2) is 0 Å². The lowest BCUT2D eigenvalue weighted by molar-refractivity contribution is 0.393. The molecule has 0 fully saturated rings. The molecule has 2 rings (SSSR count). The second kappa shape index (κ2) is 6.13. The summed E-state index contributed by atoms with van der Waals surface area (Å²) in [6, 6.07) is 5.83. The second-order valence-electron chi connectivity index (χ2n) is 4.16. The van der Waals surface area contributed by atoms with Gasteiger partial charge in [-0.15, -0.1) is 0 Å². The summed E-state index contributed by atoms with van der Waals surface area (Å²) in [4.78, 5) is 0. The molecule has 5 nitrogen and oxygen atoms in total. The molecule has 0 spiro atoms. The zero-order valence-electron chi connectivity index (χ0n) is 11.5.